The smallest absolute Gasteiger partial charge is 0.0416 e. The standard InChI is InChI=1S/C13H23NS/c1-4-7-11(3)14-12(8-5-2)13-9-6-10-15-13/h6,9-12,14H,4-5,7-8H2,1-3H3. The minimum atomic E-state index is 0.566. The van der Waals surface area contributed by atoms with Crippen molar-refractivity contribution >= 4 is 11.3 Å². The van der Waals surface area contributed by atoms with Crippen LogP contribution in [0.3, 0.4) is 0 Å². The van der Waals surface area contributed by atoms with Gasteiger partial charge in [-0.05, 0) is 31.2 Å². The van der Waals surface area contributed by atoms with E-state index in [-0.39, 0.29) is 0 Å². The average Bonchev–Trinajstić information content (AvgIpc) is 2.70. The molecule has 0 aromatic carbocycles. The van der Waals surface area contributed by atoms with E-state index in [1.54, 1.807) is 0 Å². The molecule has 0 aliphatic carbocycles. The summed E-state index contributed by atoms with van der Waals surface area (Å²) >= 11 is 1.87. The predicted molar refractivity (Wildman–Crippen MR) is 69.5 cm³/mol. The van der Waals surface area contributed by atoms with E-state index in [0.29, 0.717) is 12.1 Å². The van der Waals surface area contributed by atoms with Crippen molar-refractivity contribution in [3.63, 3.8) is 0 Å². The van der Waals surface area contributed by atoms with Crippen molar-refractivity contribution in [1.29, 1.82) is 0 Å². The molecule has 0 bridgehead atoms. The van der Waals surface area contributed by atoms with E-state index in [1.807, 2.05) is 11.3 Å². The Kier molecular flexibility index (Phi) is 5.96. The molecule has 0 saturated carbocycles. The van der Waals surface area contributed by atoms with Crippen LogP contribution in [0.1, 0.15) is 57.4 Å². The summed E-state index contributed by atoms with van der Waals surface area (Å²) in [5.41, 5.74) is 0. The number of hydrogen-bond donors (Lipinski definition) is 1. The maximum atomic E-state index is 3.73. The molecule has 0 aliphatic heterocycles. The summed E-state index contributed by atoms with van der Waals surface area (Å²) in [4.78, 5) is 1.49. The van der Waals surface area contributed by atoms with Gasteiger partial charge in [0, 0.05) is 17.0 Å². The van der Waals surface area contributed by atoms with Gasteiger partial charge in [-0.25, -0.2) is 0 Å². The van der Waals surface area contributed by atoms with Crippen LogP contribution in [-0.4, -0.2) is 6.04 Å². The van der Waals surface area contributed by atoms with E-state index in [0.717, 1.165) is 0 Å². The SMILES string of the molecule is CCCC(C)NC(CCC)c1cccs1. The lowest BCUT2D eigenvalue weighted by Gasteiger charge is -2.21. The highest BCUT2D eigenvalue weighted by molar-refractivity contribution is 7.10. The number of rotatable bonds is 7. The Labute approximate surface area is 97.9 Å². The Morgan fingerprint density at radius 3 is 2.53 bits per heavy atom. The van der Waals surface area contributed by atoms with Crippen LogP contribution in [-0.2, 0) is 0 Å². The zero-order valence-corrected chi connectivity index (χ0v) is 10.9. The molecule has 0 saturated heterocycles. The van der Waals surface area contributed by atoms with Crippen molar-refractivity contribution in [1.82, 2.24) is 5.32 Å². The second kappa shape index (κ2) is 7.02. The van der Waals surface area contributed by atoms with Crippen molar-refractivity contribution < 1.29 is 0 Å². The third-order valence-electron chi connectivity index (χ3n) is 2.67. The molecule has 0 radical (unpaired) electrons. The first-order chi connectivity index (χ1) is 7.27. The summed E-state index contributed by atoms with van der Waals surface area (Å²) in [7, 11) is 0. The van der Waals surface area contributed by atoms with Crippen LogP contribution in [0.5, 0.6) is 0 Å². The van der Waals surface area contributed by atoms with Crippen LogP contribution >= 0.6 is 11.3 Å². The lowest BCUT2D eigenvalue weighted by molar-refractivity contribution is 0.416. The Morgan fingerprint density at radius 2 is 2.00 bits per heavy atom. The monoisotopic (exact) mass is 225 g/mol. The second-order valence-corrected chi connectivity index (χ2v) is 5.19. The molecule has 2 unspecified atom stereocenters. The maximum Gasteiger partial charge on any atom is 0.0416 e. The van der Waals surface area contributed by atoms with Gasteiger partial charge in [-0.15, -0.1) is 11.3 Å². The Bertz CT molecular complexity index is 243. The molecular formula is C13H23NS. The molecule has 1 nitrogen and oxygen atoms in total. The summed E-state index contributed by atoms with van der Waals surface area (Å²) in [5, 5.41) is 5.90. The fourth-order valence-corrected chi connectivity index (χ4v) is 2.77. The van der Waals surface area contributed by atoms with Crippen LogP contribution in [0, 0.1) is 0 Å². The molecule has 1 aromatic rings. The topological polar surface area (TPSA) is 12.0 Å². The molecular weight excluding hydrogens is 202 g/mol. The first-order valence-electron chi connectivity index (χ1n) is 6.07. The van der Waals surface area contributed by atoms with Gasteiger partial charge >= 0.3 is 0 Å². The van der Waals surface area contributed by atoms with Gasteiger partial charge < -0.3 is 5.32 Å². The fraction of sp³-hybridized carbons (Fsp3) is 0.692. The van der Waals surface area contributed by atoms with Gasteiger partial charge in [0.2, 0.25) is 0 Å². The van der Waals surface area contributed by atoms with Gasteiger partial charge in [-0.1, -0.05) is 32.8 Å². The highest BCUT2D eigenvalue weighted by Gasteiger charge is 2.13. The minimum Gasteiger partial charge on any atom is -0.307 e. The zero-order chi connectivity index (χ0) is 11.1. The molecule has 0 aliphatic rings. The van der Waals surface area contributed by atoms with E-state index >= 15 is 0 Å². The molecule has 1 rings (SSSR count). The molecule has 15 heavy (non-hydrogen) atoms. The van der Waals surface area contributed by atoms with Gasteiger partial charge in [-0.2, -0.15) is 0 Å². The third kappa shape index (κ3) is 4.35. The van der Waals surface area contributed by atoms with Crippen molar-refractivity contribution in [2.45, 2.75) is 58.5 Å². The summed E-state index contributed by atoms with van der Waals surface area (Å²) in [6.45, 7) is 6.80. The van der Waals surface area contributed by atoms with Gasteiger partial charge in [0.25, 0.3) is 0 Å². The molecule has 1 aromatic heterocycles. The van der Waals surface area contributed by atoms with Crippen LogP contribution in [0.15, 0.2) is 17.5 Å². The molecule has 1 N–H and O–H groups in total. The Morgan fingerprint density at radius 1 is 1.27 bits per heavy atom. The maximum absolute atomic E-state index is 3.73. The van der Waals surface area contributed by atoms with E-state index in [1.165, 1.54) is 30.6 Å². The van der Waals surface area contributed by atoms with Crippen LogP contribution < -0.4 is 5.32 Å². The lowest BCUT2D eigenvalue weighted by Crippen LogP contribution is -2.29. The Balaban J connectivity index is 2.51. The van der Waals surface area contributed by atoms with E-state index in [4.69, 9.17) is 0 Å². The molecule has 86 valence electrons. The zero-order valence-electron chi connectivity index (χ0n) is 10.1. The summed E-state index contributed by atoms with van der Waals surface area (Å²) in [6.07, 6.45) is 5.02. The highest BCUT2D eigenvalue weighted by Crippen LogP contribution is 2.24. The van der Waals surface area contributed by atoms with Gasteiger partial charge in [-0.3, -0.25) is 0 Å². The minimum absolute atomic E-state index is 0.566. The van der Waals surface area contributed by atoms with Gasteiger partial charge in [0.05, 0.1) is 0 Å². The van der Waals surface area contributed by atoms with Crippen LogP contribution in [0.2, 0.25) is 0 Å². The van der Waals surface area contributed by atoms with E-state index in [2.05, 4.69) is 43.6 Å². The number of nitrogens with one attached hydrogen (secondary N) is 1. The quantitative estimate of drug-likeness (QED) is 0.726. The van der Waals surface area contributed by atoms with Crippen LogP contribution in [0.25, 0.3) is 0 Å². The first-order valence-corrected chi connectivity index (χ1v) is 6.95. The molecule has 2 atom stereocenters. The molecule has 2 heteroatoms. The molecule has 0 fully saturated rings. The number of thiophene rings is 1. The largest absolute Gasteiger partial charge is 0.307 e. The Hall–Kier alpha value is -0.340. The first kappa shape index (κ1) is 12.7. The van der Waals surface area contributed by atoms with E-state index < -0.39 is 0 Å². The molecule has 1 heterocycles. The fourth-order valence-electron chi connectivity index (χ4n) is 1.95. The predicted octanol–water partition coefficient (Wildman–Crippen LogP) is 4.37. The lowest BCUT2D eigenvalue weighted by atomic mass is 10.1. The normalized spacial score (nSPS) is 15.1. The van der Waals surface area contributed by atoms with Crippen molar-refractivity contribution in [3.8, 4) is 0 Å². The van der Waals surface area contributed by atoms with Crippen molar-refractivity contribution in [2.24, 2.45) is 0 Å². The van der Waals surface area contributed by atoms with E-state index in [9.17, 15) is 0 Å². The number of hydrogen-bond acceptors (Lipinski definition) is 2. The summed E-state index contributed by atoms with van der Waals surface area (Å²) in [5.74, 6) is 0. The highest BCUT2D eigenvalue weighted by atomic mass is 32.1. The van der Waals surface area contributed by atoms with Crippen molar-refractivity contribution in [2.75, 3.05) is 0 Å². The van der Waals surface area contributed by atoms with Gasteiger partial charge in [0.1, 0.15) is 0 Å². The molecule has 0 amide bonds. The second-order valence-electron chi connectivity index (χ2n) is 4.21. The van der Waals surface area contributed by atoms with Crippen molar-refractivity contribution in [3.05, 3.63) is 22.4 Å². The molecule has 0 spiro atoms. The summed E-state index contributed by atoms with van der Waals surface area (Å²) in [6, 6.07) is 5.59. The summed E-state index contributed by atoms with van der Waals surface area (Å²) < 4.78 is 0. The van der Waals surface area contributed by atoms with Crippen LogP contribution in [0.4, 0.5) is 0 Å². The van der Waals surface area contributed by atoms with Gasteiger partial charge in [0.15, 0.2) is 0 Å². The average molecular weight is 225 g/mol. The third-order valence-corrected chi connectivity index (χ3v) is 3.66.